The molecule has 25 heavy (non-hydrogen) atoms. The SMILES string of the molecule is O=C(CC1(O)CCCC1)NCCCC(=O)N1CCc2ccccc2C1. The third kappa shape index (κ3) is 4.82. The molecule has 0 aromatic heterocycles. The van der Waals surface area contributed by atoms with Gasteiger partial charge in [0.15, 0.2) is 0 Å². The number of nitrogens with one attached hydrogen (secondary N) is 1. The molecule has 1 aliphatic carbocycles. The van der Waals surface area contributed by atoms with Gasteiger partial charge < -0.3 is 15.3 Å². The van der Waals surface area contributed by atoms with E-state index in [1.54, 1.807) is 0 Å². The third-order valence-electron chi connectivity index (χ3n) is 5.40. The molecule has 1 heterocycles. The van der Waals surface area contributed by atoms with Gasteiger partial charge in [0, 0.05) is 26.1 Å². The molecule has 5 nitrogen and oxygen atoms in total. The maximum atomic E-state index is 12.4. The lowest BCUT2D eigenvalue weighted by Gasteiger charge is -2.29. The fourth-order valence-corrected chi connectivity index (χ4v) is 3.91. The molecule has 1 saturated carbocycles. The van der Waals surface area contributed by atoms with Crippen LogP contribution in [0.2, 0.25) is 0 Å². The molecule has 3 rings (SSSR count). The van der Waals surface area contributed by atoms with Crippen molar-refractivity contribution >= 4 is 11.8 Å². The first-order valence-corrected chi connectivity index (χ1v) is 9.39. The Morgan fingerprint density at radius 3 is 2.64 bits per heavy atom. The maximum absolute atomic E-state index is 12.4. The Morgan fingerprint density at radius 2 is 1.88 bits per heavy atom. The Balaban J connectivity index is 1.35. The molecule has 1 fully saturated rings. The number of nitrogens with zero attached hydrogens (tertiary/aromatic N) is 1. The molecule has 2 amide bonds. The second-order valence-electron chi connectivity index (χ2n) is 7.40. The summed E-state index contributed by atoms with van der Waals surface area (Å²) in [5.41, 5.74) is 1.77. The van der Waals surface area contributed by atoms with Gasteiger partial charge in [0.2, 0.25) is 11.8 Å². The summed E-state index contributed by atoms with van der Waals surface area (Å²) in [6.45, 7) is 1.95. The minimum absolute atomic E-state index is 0.108. The molecular weight excluding hydrogens is 316 g/mol. The number of carbonyl (C=O) groups is 2. The van der Waals surface area contributed by atoms with Gasteiger partial charge in [0.1, 0.15) is 0 Å². The van der Waals surface area contributed by atoms with E-state index in [0.29, 0.717) is 25.9 Å². The van der Waals surface area contributed by atoms with Crippen LogP contribution >= 0.6 is 0 Å². The van der Waals surface area contributed by atoms with Crippen molar-refractivity contribution in [1.29, 1.82) is 0 Å². The molecule has 0 radical (unpaired) electrons. The number of hydrogen-bond acceptors (Lipinski definition) is 3. The first-order chi connectivity index (χ1) is 12.1. The highest BCUT2D eigenvalue weighted by atomic mass is 16.3. The Morgan fingerprint density at radius 1 is 1.16 bits per heavy atom. The Kier molecular flexibility index (Phi) is 5.74. The second-order valence-corrected chi connectivity index (χ2v) is 7.40. The number of hydrogen-bond donors (Lipinski definition) is 2. The molecule has 0 bridgehead atoms. The van der Waals surface area contributed by atoms with Crippen molar-refractivity contribution in [2.24, 2.45) is 0 Å². The first-order valence-electron chi connectivity index (χ1n) is 9.39. The summed E-state index contributed by atoms with van der Waals surface area (Å²) in [6, 6.07) is 8.27. The van der Waals surface area contributed by atoms with Gasteiger partial charge in [-0.25, -0.2) is 0 Å². The van der Waals surface area contributed by atoms with Crippen molar-refractivity contribution in [3.8, 4) is 0 Å². The van der Waals surface area contributed by atoms with E-state index in [1.807, 2.05) is 17.0 Å². The minimum atomic E-state index is -0.804. The van der Waals surface area contributed by atoms with E-state index in [1.165, 1.54) is 11.1 Å². The van der Waals surface area contributed by atoms with Crippen LogP contribution < -0.4 is 5.32 Å². The zero-order valence-corrected chi connectivity index (χ0v) is 14.8. The standard InChI is InChI=1S/C20H28N2O3/c23-18(14-20(25)10-3-4-11-20)21-12-5-8-19(24)22-13-9-16-6-1-2-7-17(16)15-22/h1-2,6-7,25H,3-5,8-15H2,(H,21,23). The van der Waals surface area contributed by atoms with E-state index in [4.69, 9.17) is 0 Å². The molecular formula is C20H28N2O3. The summed E-state index contributed by atoms with van der Waals surface area (Å²) in [6.07, 6.45) is 5.62. The monoisotopic (exact) mass is 344 g/mol. The molecule has 0 atom stereocenters. The Hall–Kier alpha value is -1.88. The van der Waals surface area contributed by atoms with E-state index < -0.39 is 5.60 Å². The van der Waals surface area contributed by atoms with Gasteiger partial charge in [-0.05, 0) is 36.8 Å². The number of rotatable bonds is 6. The van der Waals surface area contributed by atoms with Crippen LogP contribution in [0.3, 0.4) is 0 Å². The summed E-state index contributed by atoms with van der Waals surface area (Å²) in [4.78, 5) is 26.2. The van der Waals surface area contributed by atoms with E-state index in [-0.39, 0.29) is 18.2 Å². The van der Waals surface area contributed by atoms with Gasteiger partial charge in [-0.3, -0.25) is 9.59 Å². The molecule has 2 aliphatic rings. The lowest BCUT2D eigenvalue weighted by molar-refractivity contribution is -0.132. The topological polar surface area (TPSA) is 69.6 Å². The van der Waals surface area contributed by atoms with Gasteiger partial charge in [-0.2, -0.15) is 0 Å². The van der Waals surface area contributed by atoms with Gasteiger partial charge in [0.05, 0.1) is 12.0 Å². The van der Waals surface area contributed by atoms with Gasteiger partial charge >= 0.3 is 0 Å². The average Bonchev–Trinajstić information content (AvgIpc) is 3.04. The highest BCUT2D eigenvalue weighted by Gasteiger charge is 2.33. The molecule has 0 unspecified atom stereocenters. The normalized spacial score (nSPS) is 18.7. The number of carbonyl (C=O) groups excluding carboxylic acids is 2. The Bertz CT molecular complexity index is 623. The largest absolute Gasteiger partial charge is 0.389 e. The molecule has 2 N–H and O–H groups in total. The van der Waals surface area contributed by atoms with Gasteiger partial charge in [-0.15, -0.1) is 0 Å². The molecule has 1 aliphatic heterocycles. The maximum Gasteiger partial charge on any atom is 0.222 e. The number of amides is 2. The average molecular weight is 344 g/mol. The molecule has 0 spiro atoms. The van der Waals surface area contributed by atoms with Gasteiger partial charge in [-0.1, -0.05) is 37.1 Å². The fraction of sp³-hybridized carbons (Fsp3) is 0.600. The van der Waals surface area contributed by atoms with Crippen LogP contribution in [0.5, 0.6) is 0 Å². The van der Waals surface area contributed by atoms with Gasteiger partial charge in [0.25, 0.3) is 0 Å². The third-order valence-corrected chi connectivity index (χ3v) is 5.40. The minimum Gasteiger partial charge on any atom is -0.389 e. The lowest BCUT2D eigenvalue weighted by atomic mass is 9.97. The first kappa shape index (κ1) is 17.9. The van der Waals surface area contributed by atoms with E-state index >= 15 is 0 Å². The molecule has 0 saturated heterocycles. The summed E-state index contributed by atoms with van der Waals surface area (Å²) in [5.74, 6) is 0.0434. The van der Waals surface area contributed by atoms with Crippen LogP contribution in [0.4, 0.5) is 0 Å². The number of fused-ring (bicyclic) bond motifs is 1. The predicted molar refractivity (Wildman–Crippen MR) is 95.8 cm³/mol. The Labute approximate surface area is 149 Å². The zero-order chi connectivity index (χ0) is 17.7. The van der Waals surface area contributed by atoms with Crippen LogP contribution in [0.1, 0.15) is 56.1 Å². The summed E-state index contributed by atoms with van der Waals surface area (Å²) in [5, 5.41) is 13.1. The van der Waals surface area contributed by atoms with Crippen molar-refractivity contribution in [3.63, 3.8) is 0 Å². The fourth-order valence-electron chi connectivity index (χ4n) is 3.91. The van der Waals surface area contributed by atoms with E-state index in [9.17, 15) is 14.7 Å². The highest BCUT2D eigenvalue weighted by molar-refractivity contribution is 5.78. The van der Waals surface area contributed by atoms with Crippen molar-refractivity contribution in [3.05, 3.63) is 35.4 Å². The second kappa shape index (κ2) is 8.00. The van der Waals surface area contributed by atoms with Crippen molar-refractivity contribution in [1.82, 2.24) is 10.2 Å². The smallest absolute Gasteiger partial charge is 0.222 e. The predicted octanol–water partition coefficient (Wildman–Crippen LogP) is 2.16. The molecule has 1 aromatic rings. The van der Waals surface area contributed by atoms with E-state index in [0.717, 1.165) is 38.6 Å². The van der Waals surface area contributed by atoms with Crippen molar-refractivity contribution in [2.45, 2.75) is 63.5 Å². The van der Waals surface area contributed by atoms with E-state index in [2.05, 4.69) is 17.4 Å². The van der Waals surface area contributed by atoms with Crippen LogP contribution in [0.15, 0.2) is 24.3 Å². The summed E-state index contributed by atoms with van der Waals surface area (Å²) < 4.78 is 0. The van der Waals surface area contributed by atoms with Crippen LogP contribution in [0, 0.1) is 0 Å². The molecule has 5 heteroatoms. The number of benzene rings is 1. The summed E-state index contributed by atoms with van der Waals surface area (Å²) >= 11 is 0. The lowest BCUT2D eigenvalue weighted by Crippen LogP contribution is -2.37. The van der Waals surface area contributed by atoms with Crippen molar-refractivity contribution in [2.75, 3.05) is 13.1 Å². The van der Waals surface area contributed by atoms with Crippen LogP contribution in [0.25, 0.3) is 0 Å². The van der Waals surface area contributed by atoms with Crippen LogP contribution in [-0.2, 0) is 22.6 Å². The molecule has 136 valence electrons. The van der Waals surface area contributed by atoms with Crippen molar-refractivity contribution < 1.29 is 14.7 Å². The quantitative estimate of drug-likeness (QED) is 0.777. The summed E-state index contributed by atoms with van der Waals surface area (Å²) in [7, 11) is 0. The van der Waals surface area contributed by atoms with Crippen LogP contribution in [-0.4, -0.2) is 40.5 Å². The zero-order valence-electron chi connectivity index (χ0n) is 14.8. The number of aliphatic hydroxyl groups is 1. The molecule has 1 aromatic carbocycles. The highest BCUT2D eigenvalue weighted by Crippen LogP contribution is 2.32.